The van der Waals surface area contributed by atoms with Crippen molar-refractivity contribution in [2.24, 2.45) is 39.3 Å². The zero-order valence-corrected chi connectivity index (χ0v) is 20.5. The topological polar surface area (TPSA) is 87.7 Å². The van der Waals surface area contributed by atoms with E-state index in [-0.39, 0.29) is 23.0 Å². The zero-order valence-electron chi connectivity index (χ0n) is 18.9. The maximum Gasteiger partial charge on any atom is 0.189 e. The Hall–Kier alpha value is -0.660. The third-order valence-electron chi connectivity index (χ3n) is 9.83. The SMILES string of the molecule is C[C@@H]1[C@H](CO)C[C@@H]2CC3=C4CCC[C@]5(CCN=C(N)N5)CSSCC[C@]2(C)[C@]31CC4=O. The fraction of sp³-hybridized carbons (Fsp3) is 0.833. The van der Waals surface area contributed by atoms with E-state index >= 15 is 0 Å². The third kappa shape index (κ3) is 3.23. The molecule has 0 saturated heterocycles. The van der Waals surface area contributed by atoms with E-state index in [1.807, 2.05) is 21.6 Å². The fourth-order valence-corrected chi connectivity index (χ4v) is 10.8. The summed E-state index contributed by atoms with van der Waals surface area (Å²) in [7, 11) is 3.98. The third-order valence-corrected chi connectivity index (χ3v) is 12.4. The van der Waals surface area contributed by atoms with Crippen LogP contribution in [0.5, 0.6) is 0 Å². The number of aliphatic hydroxyl groups is 1. The Morgan fingerprint density at radius 1 is 1.29 bits per heavy atom. The van der Waals surface area contributed by atoms with Gasteiger partial charge in [0, 0.05) is 36.5 Å². The lowest BCUT2D eigenvalue weighted by Gasteiger charge is -2.55. The number of rotatable bonds is 1. The Morgan fingerprint density at radius 3 is 2.90 bits per heavy atom. The summed E-state index contributed by atoms with van der Waals surface area (Å²) < 4.78 is 0. The van der Waals surface area contributed by atoms with E-state index in [1.165, 1.54) is 5.57 Å². The second-order valence-corrected chi connectivity index (χ2v) is 13.5. The highest BCUT2D eigenvalue weighted by atomic mass is 33.1. The number of guanidine groups is 1. The first-order chi connectivity index (χ1) is 14.9. The Labute approximate surface area is 194 Å². The molecule has 5 nitrogen and oxygen atoms in total. The molecule has 4 N–H and O–H groups in total. The van der Waals surface area contributed by atoms with E-state index in [2.05, 4.69) is 24.2 Å². The standard InChI is InChI=1S/C24H37N3O2S2/c1-15-16(13-28)10-17-11-19-18-4-3-5-23(6-8-26-21(25)27-23)14-31-30-9-7-22(17,2)24(15,19)12-20(18)29/h15-17,28H,3-14H2,1-2H3,(H3,25,26,27)/t15-,16+,17-,22+,23+,24+/m1/s1. The monoisotopic (exact) mass is 463 g/mol. The number of nitrogens with one attached hydrogen (secondary N) is 1. The van der Waals surface area contributed by atoms with Crippen LogP contribution in [0.15, 0.2) is 16.1 Å². The maximum absolute atomic E-state index is 13.4. The van der Waals surface area contributed by atoms with Gasteiger partial charge in [0.2, 0.25) is 0 Å². The van der Waals surface area contributed by atoms with Crippen molar-refractivity contribution in [1.82, 2.24) is 5.32 Å². The molecule has 2 fully saturated rings. The van der Waals surface area contributed by atoms with Gasteiger partial charge in [0.15, 0.2) is 11.7 Å². The van der Waals surface area contributed by atoms with Gasteiger partial charge in [0.05, 0.1) is 5.54 Å². The lowest BCUT2D eigenvalue weighted by atomic mass is 9.48. The summed E-state index contributed by atoms with van der Waals surface area (Å²) in [6.45, 7) is 5.87. The molecule has 0 aromatic heterocycles. The van der Waals surface area contributed by atoms with E-state index in [0.717, 1.165) is 68.6 Å². The van der Waals surface area contributed by atoms with Crippen molar-refractivity contribution in [2.45, 2.75) is 70.8 Å². The van der Waals surface area contributed by atoms with Crippen LogP contribution >= 0.6 is 21.6 Å². The maximum atomic E-state index is 13.4. The molecule has 6 atom stereocenters. The molecule has 0 radical (unpaired) electrons. The summed E-state index contributed by atoms with van der Waals surface area (Å²) in [6, 6.07) is 0. The van der Waals surface area contributed by atoms with Gasteiger partial charge in [-0.15, -0.1) is 0 Å². The van der Waals surface area contributed by atoms with Gasteiger partial charge < -0.3 is 16.2 Å². The summed E-state index contributed by atoms with van der Waals surface area (Å²) >= 11 is 0. The van der Waals surface area contributed by atoms with Gasteiger partial charge in [-0.05, 0) is 73.7 Å². The average Bonchev–Trinajstić information content (AvgIpc) is 3.08. The quantitative estimate of drug-likeness (QED) is 0.511. The normalized spacial score (nSPS) is 45.6. The highest BCUT2D eigenvalue weighted by Crippen LogP contribution is 2.74. The van der Waals surface area contributed by atoms with Crippen LogP contribution < -0.4 is 11.1 Å². The molecular formula is C24H37N3O2S2. The van der Waals surface area contributed by atoms with E-state index in [0.29, 0.717) is 35.9 Å². The number of aliphatic hydroxyl groups excluding tert-OH is 1. The molecule has 0 aromatic rings. The minimum Gasteiger partial charge on any atom is -0.396 e. The number of hydrogen-bond acceptors (Lipinski definition) is 7. The van der Waals surface area contributed by atoms with Gasteiger partial charge in [-0.2, -0.15) is 0 Å². The van der Waals surface area contributed by atoms with Crippen molar-refractivity contribution in [3.63, 3.8) is 0 Å². The lowest BCUT2D eigenvalue weighted by molar-refractivity contribution is -0.123. The van der Waals surface area contributed by atoms with E-state index in [4.69, 9.17) is 5.73 Å². The summed E-state index contributed by atoms with van der Waals surface area (Å²) in [5, 5.41) is 13.7. The largest absolute Gasteiger partial charge is 0.396 e. The number of carbonyl (C=O) groups excluding carboxylic acids is 1. The summed E-state index contributed by atoms with van der Waals surface area (Å²) in [5.41, 5.74) is 8.87. The van der Waals surface area contributed by atoms with Gasteiger partial charge in [-0.3, -0.25) is 9.79 Å². The van der Waals surface area contributed by atoms with Crippen molar-refractivity contribution >= 4 is 33.3 Å². The summed E-state index contributed by atoms with van der Waals surface area (Å²) in [4.78, 5) is 17.8. The molecule has 5 rings (SSSR count). The minimum absolute atomic E-state index is 0.00376. The number of allylic oxidation sites excluding steroid dienone is 2. The lowest BCUT2D eigenvalue weighted by Crippen LogP contribution is -2.56. The Kier molecular flexibility index (Phi) is 5.70. The van der Waals surface area contributed by atoms with Gasteiger partial charge >= 0.3 is 0 Å². The molecule has 3 aliphatic carbocycles. The van der Waals surface area contributed by atoms with E-state index in [1.54, 1.807) is 0 Å². The first-order valence-electron chi connectivity index (χ1n) is 12.0. The molecule has 0 aromatic carbocycles. The van der Waals surface area contributed by atoms with Crippen molar-refractivity contribution in [3.05, 3.63) is 11.1 Å². The molecule has 2 spiro atoms. The molecule has 0 amide bonds. The van der Waals surface area contributed by atoms with Crippen molar-refractivity contribution < 1.29 is 9.90 Å². The van der Waals surface area contributed by atoms with Gasteiger partial charge in [-0.1, -0.05) is 41.0 Å². The van der Waals surface area contributed by atoms with Crippen LogP contribution in [0.3, 0.4) is 0 Å². The number of Topliss-reactive ketones (excluding diaryl/α,β-unsaturated/α-hetero) is 1. The highest BCUT2D eigenvalue weighted by Gasteiger charge is 2.68. The second kappa shape index (κ2) is 7.98. The number of ketones is 1. The van der Waals surface area contributed by atoms with Crippen LogP contribution in [0.25, 0.3) is 0 Å². The zero-order chi connectivity index (χ0) is 21.9. The van der Waals surface area contributed by atoms with Crippen LogP contribution in [0.4, 0.5) is 0 Å². The Bertz CT molecular complexity index is 830. The first-order valence-corrected chi connectivity index (χ1v) is 14.5. The van der Waals surface area contributed by atoms with Crippen LogP contribution in [0.1, 0.15) is 65.2 Å². The molecule has 2 saturated carbocycles. The predicted molar refractivity (Wildman–Crippen MR) is 130 cm³/mol. The minimum atomic E-state index is -0.0210. The molecule has 2 heterocycles. The molecule has 31 heavy (non-hydrogen) atoms. The van der Waals surface area contributed by atoms with Crippen LogP contribution in [0, 0.1) is 28.6 Å². The van der Waals surface area contributed by atoms with Crippen molar-refractivity contribution in [3.8, 4) is 0 Å². The number of nitrogens with two attached hydrogens (primary N) is 1. The average molecular weight is 464 g/mol. The predicted octanol–water partition coefficient (Wildman–Crippen LogP) is 3.92. The summed E-state index contributed by atoms with van der Waals surface area (Å²) in [5.74, 6) is 4.43. The fourth-order valence-electron chi connectivity index (χ4n) is 8.02. The number of aliphatic imine (C=N–C) groups is 1. The molecule has 5 bridgehead atoms. The first kappa shape index (κ1) is 22.1. The summed E-state index contributed by atoms with van der Waals surface area (Å²) in [6.07, 6.45) is 8.00. The van der Waals surface area contributed by atoms with E-state index < -0.39 is 0 Å². The number of nitrogens with zero attached hydrogens (tertiary/aromatic N) is 1. The van der Waals surface area contributed by atoms with Gasteiger partial charge in [0.1, 0.15) is 0 Å². The number of hydrogen-bond donors (Lipinski definition) is 3. The molecule has 7 heteroatoms. The second-order valence-electron chi connectivity index (χ2n) is 10.9. The Balaban J connectivity index is 1.50. The van der Waals surface area contributed by atoms with Crippen molar-refractivity contribution in [2.75, 3.05) is 24.7 Å². The Morgan fingerprint density at radius 2 is 2.13 bits per heavy atom. The van der Waals surface area contributed by atoms with Crippen molar-refractivity contribution in [1.29, 1.82) is 0 Å². The molecule has 5 aliphatic rings. The highest BCUT2D eigenvalue weighted by molar-refractivity contribution is 8.76. The van der Waals surface area contributed by atoms with E-state index in [9.17, 15) is 9.90 Å². The number of carbonyl (C=O) groups is 1. The van der Waals surface area contributed by atoms with Gasteiger partial charge in [-0.25, -0.2) is 0 Å². The van der Waals surface area contributed by atoms with Gasteiger partial charge in [0.25, 0.3) is 0 Å². The molecule has 2 aliphatic heterocycles. The molecule has 0 unspecified atom stereocenters. The van der Waals surface area contributed by atoms with Crippen LogP contribution in [0.2, 0.25) is 0 Å². The molecular weight excluding hydrogens is 426 g/mol. The van der Waals surface area contributed by atoms with Crippen LogP contribution in [-0.4, -0.2) is 47.0 Å². The smallest absolute Gasteiger partial charge is 0.189 e. The van der Waals surface area contributed by atoms with Crippen LogP contribution in [-0.2, 0) is 4.79 Å². The molecule has 172 valence electrons.